The minimum atomic E-state index is -0.0399. The monoisotopic (exact) mass is 425 g/mol. The van der Waals surface area contributed by atoms with Gasteiger partial charge in [-0.1, -0.05) is 42.3 Å². The summed E-state index contributed by atoms with van der Waals surface area (Å²) in [4.78, 5) is 23.0. The van der Waals surface area contributed by atoms with Gasteiger partial charge in [0.05, 0.1) is 17.6 Å². The second kappa shape index (κ2) is 7.33. The van der Waals surface area contributed by atoms with Crippen LogP contribution in [0.25, 0.3) is 11.2 Å². The van der Waals surface area contributed by atoms with Gasteiger partial charge in [-0.25, -0.2) is 19.8 Å². The Morgan fingerprint density at radius 3 is 2.53 bits per heavy atom. The molecule has 4 aromatic rings. The average molecular weight is 426 g/mol. The Balaban J connectivity index is 1.63. The number of anilines is 2. The first-order chi connectivity index (χ1) is 15.6. The Kier molecular flexibility index (Phi) is 4.42. The summed E-state index contributed by atoms with van der Waals surface area (Å²) in [5, 5.41) is 2.01. The zero-order chi connectivity index (χ0) is 21.8. The minimum absolute atomic E-state index is 0.0399. The average Bonchev–Trinajstić information content (AvgIpc) is 3.50. The van der Waals surface area contributed by atoms with Crippen LogP contribution in [0.3, 0.4) is 0 Å². The van der Waals surface area contributed by atoms with E-state index >= 15 is 0 Å². The molecule has 0 saturated heterocycles. The van der Waals surface area contributed by atoms with Crippen LogP contribution < -0.4 is 10.7 Å². The van der Waals surface area contributed by atoms with Gasteiger partial charge in [0, 0.05) is 6.04 Å². The first kappa shape index (κ1) is 19.3. The number of rotatable bonds is 4. The van der Waals surface area contributed by atoms with Crippen LogP contribution in [0.2, 0.25) is 0 Å². The van der Waals surface area contributed by atoms with Gasteiger partial charge in [0.1, 0.15) is 11.8 Å². The van der Waals surface area contributed by atoms with E-state index in [4.69, 9.17) is 0 Å². The number of imidazole rings is 1. The summed E-state index contributed by atoms with van der Waals surface area (Å²) in [5.74, 6) is 1.31. The van der Waals surface area contributed by atoms with Gasteiger partial charge < -0.3 is 0 Å². The fourth-order valence-corrected chi connectivity index (χ4v) is 5.82. The Hall–Kier alpha value is -3.41. The molecule has 2 bridgehead atoms. The Morgan fingerprint density at radius 1 is 1.00 bits per heavy atom. The van der Waals surface area contributed by atoms with Gasteiger partial charge in [0.2, 0.25) is 0 Å². The third-order valence-electron chi connectivity index (χ3n) is 7.37. The van der Waals surface area contributed by atoms with Crippen molar-refractivity contribution in [2.24, 2.45) is 11.8 Å². The van der Waals surface area contributed by atoms with Gasteiger partial charge in [0.25, 0.3) is 0 Å². The standard InChI is InChI=1S/C26H27N5O/c1-17-7-11-21(12-8-17)30(22-6-4-3-5-18(22)2)31-25-24(15-27-16-28-25)29(26(31)32)23-14-19-9-10-20(23)13-19/h3-8,11-12,15-16,19-20,23H,9-10,13-14H2,1-2H3. The second-order valence-electron chi connectivity index (χ2n) is 9.37. The van der Waals surface area contributed by atoms with E-state index in [1.165, 1.54) is 31.2 Å². The predicted molar refractivity (Wildman–Crippen MR) is 126 cm³/mol. The second-order valence-corrected chi connectivity index (χ2v) is 9.37. The molecule has 3 atom stereocenters. The van der Waals surface area contributed by atoms with Crippen molar-refractivity contribution in [2.75, 3.05) is 5.01 Å². The van der Waals surface area contributed by atoms with Crippen molar-refractivity contribution in [1.29, 1.82) is 0 Å². The molecule has 6 heteroatoms. The molecule has 2 aliphatic carbocycles. The summed E-state index contributed by atoms with van der Waals surface area (Å²) >= 11 is 0. The molecule has 2 saturated carbocycles. The number of aryl methyl sites for hydroxylation is 2. The Labute approximate surface area is 187 Å². The van der Waals surface area contributed by atoms with Gasteiger partial charge in [-0.3, -0.25) is 4.57 Å². The van der Waals surface area contributed by atoms with Gasteiger partial charge in [-0.2, -0.15) is 4.68 Å². The highest BCUT2D eigenvalue weighted by atomic mass is 16.2. The summed E-state index contributed by atoms with van der Waals surface area (Å²) in [7, 11) is 0. The zero-order valence-electron chi connectivity index (χ0n) is 18.5. The van der Waals surface area contributed by atoms with Gasteiger partial charge in [-0.05, 0) is 68.7 Å². The topological polar surface area (TPSA) is 56.0 Å². The van der Waals surface area contributed by atoms with E-state index < -0.39 is 0 Å². The molecule has 2 aromatic carbocycles. The number of hydrogen-bond acceptors (Lipinski definition) is 4. The van der Waals surface area contributed by atoms with Crippen molar-refractivity contribution in [3.63, 3.8) is 0 Å². The molecule has 32 heavy (non-hydrogen) atoms. The molecular formula is C26H27N5O. The van der Waals surface area contributed by atoms with E-state index in [1.54, 1.807) is 10.9 Å². The number of hydrogen-bond donors (Lipinski definition) is 0. The fraction of sp³-hybridized carbons (Fsp3) is 0.346. The van der Waals surface area contributed by atoms with Crippen LogP contribution in [-0.2, 0) is 0 Å². The van der Waals surface area contributed by atoms with Gasteiger partial charge in [-0.15, -0.1) is 0 Å². The molecule has 162 valence electrons. The summed E-state index contributed by atoms with van der Waals surface area (Å²) < 4.78 is 3.73. The quantitative estimate of drug-likeness (QED) is 0.452. The third-order valence-corrected chi connectivity index (χ3v) is 7.37. The highest BCUT2D eigenvalue weighted by Gasteiger charge is 2.42. The molecule has 6 rings (SSSR count). The van der Waals surface area contributed by atoms with Gasteiger partial charge >= 0.3 is 5.69 Å². The van der Waals surface area contributed by atoms with E-state index in [1.807, 2.05) is 21.7 Å². The van der Waals surface area contributed by atoms with Crippen molar-refractivity contribution >= 4 is 22.5 Å². The van der Waals surface area contributed by atoms with Crippen LogP contribution in [0.4, 0.5) is 11.4 Å². The number of fused-ring (bicyclic) bond motifs is 3. The van der Waals surface area contributed by atoms with E-state index in [0.717, 1.165) is 34.8 Å². The summed E-state index contributed by atoms with van der Waals surface area (Å²) in [6.45, 7) is 4.15. The fourth-order valence-electron chi connectivity index (χ4n) is 5.82. The van der Waals surface area contributed by atoms with Gasteiger partial charge in [0.15, 0.2) is 5.65 Å². The van der Waals surface area contributed by atoms with Crippen LogP contribution >= 0.6 is 0 Å². The molecule has 2 aliphatic rings. The van der Waals surface area contributed by atoms with Crippen molar-refractivity contribution < 1.29 is 0 Å². The first-order valence-electron chi connectivity index (χ1n) is 11.5. The lowest BCUT2D eigenvalue weighted by molar-refractivity contribution is 0.327. The summed E-state index contributed by atoms with van der Waals surface area (Å²) in [6.07, 6.45) is 8.15. The molecule has 0 spiro atoms. The smallest absolute Gasteiger partial charge is 0.284 e. The molecule has 0 aliphatic heterocycles. The van der Waals surface area contributed by atoms with Crippen LogP contribution in [0.5, 0.6) is 0 Å². The lowest BCUT2D eigenvalue weighted by Crippen LogP contribution is -2.38. The number of nitrogens with zero attached hydrogens (tertiary/aromatic N) is 5. The molecule has 0 amide bonds. The SMILES string of the molecule is Cc1ccc(N(c2ccccc2C)n2c(=O)n(C3CC4CCC3C4)c3cncnc32)cc1. The van der Waals surface area contributed by atoms with E-state index in [-0.39, 0.29) is 11.7 Å². The molecular weight excluding hydrogens is 398 g/mol. The molecule has 3 unspecified atom stereocenters. The Morgan fingerprint density at radius 2 is 1.81 bits per heavy atom. The van der Waals surface area contributed by atoms with Crippen molar-refractivity contribution in [1.82, 2.24) is 19.2 Å². The van der Waals surface area contributed by atoms with E-state index in [0.29, 0.717) is 11.6 Å². The number of para-hydroxylation sites is 1. The third kappa shape index (κ3) is 2.89. The highest BCUT2D eigenvalue weighted by Crippen LogP contribution is 2.51. The van der Waals surface area contributed by atoms with Crippen LogP contribution in [-0.4, -0.2) is 19.2 Å². The highest BCUT2D eigenvalue weighted by molar-refractivity contribution is 5.75. The number of benzene rings is 2. The van der Waals surface area contributed by atoms with Crippen LogP contribution in [0, 0.1) is 25.7 Å². The maximum atomic E-state index is 14.1. The summed E-state index contributed by atoms with van der Waals surface area (Å²) in [6, 6.07) is 16.7. The lowest BCUT2D eigenvalue weighted by Gasteiger charge is -2.27. The maximum absolute atomic E-state index is 14.1. The predicted octanol–water partition coefficient (Wildman–Crippen LogP) is 5.17. The van der Waals surface area contributed by atoms with Crippen molar-refractivity contribution in [2.45, 2.75) is 45.6 Å². The molecule has 6 nitrogen and oxygen atoms in total. The molecule has 2 fully saturated rings. The largest absolute Gasteiger partial charge is 0.350 e. The normalized spacial score (nSPS) is 22.0. The van der Waals surface area contributed by atoms with Crippen LogP contribution in [0.1, 0.15) is 42.9 Å². The summed E-state index contributed by atoms with van der Waals surface area (Å²) in [5.41, 5.74) is 5.59. The molecule has 2 heterocycles. The van der Waals surface area contributed by atoms with Crippen molar-refractivity contribution in [3.8, 4) is 0 Å². The number of aromatic nitrogens is 4. The molecule has 2 aromatic heterocycles. The zero-order valence-corrected chi connectivity index (χ0v) is 18.5. The van der Waals surface area contributed by atoms with E-state index in [2.05, 4.69) is 60.2 Å². The lowest BCUT2D eigenvalue weighted by atomic mass is 9.95. The molecule has 0 radical (unpaired) electrons. The van der Waals surface area contributed by atoms with Crippen LogP contribution in [0.15, 0.2) is 65.8 Å². The minimum Gasteiger partial charge on any atom is -0.284 e. The maximum Gasteiger partial charge on any atom is 0.350 e. The molecule has 0 N–H and O–H groups in total. The first-order valence-corrected chi connectivity index (χ1v) is 11.5. The van der Waals surface area contributed by atoms with E-state index in [9.17, 15) is 4.79 Å². The Bertz CT molecular complexity index is 1350. The van der Waals surface area contributed by atoms with Crippen molar-refractivity contribution in [3.05, 3.63) is 82.7 Å².